The van der Waals surface area contributed by atoms with Gasteiger partial charge in [0.1, 0.15) is 0 Å². The minimum Gasteiger partial charge on any atom is -0.373 e. The molecule has 22 heavy (non-hydrogen) atoms. The first kappa shape index (κ1) is 17.0. The third-order valence-electron chi connectivity index (χ3n) is 3.74. The predicted molar refractivity (Wildman–Crippen MR) is 74.2 cm³/mol. The minimum absolute atomic E-state index is 0.0694. The Hall–Kier alpha value is -1.41. The molecule has 1 fully saturated rings. The molecule has 0 aliphatic carbocycles. The molecule has 0 aromatic carbocycles. The topological polar surface area (TPSA) is 46.2 Å². The van der Waals surface area contributed by atoms with E-state index in [0.29, 0.717) is 19.3 Å². The lowest BCUT2D eigenvalue weighted by molar-refractivity contribution is -0.138. The third kappa shape index (κ3) is 3.67. The molecule has 1 aliphatic heterocycles. The van der Waals surface area contributed by atoms with Gasteiger partial charge in [-0.25, -0.2) is 9.37 Å². The zero-order valence-corrected chi connectivity index (χ0v) is 12.6. The molecule has 124 valence electrons. The molecule has 2 N–H and O–H groups in total. The van der Waals surface area contributed by atoms with E-state index in [1.807, 2.05) is 13.8 Å². The van der Waals surface area contributed by atoms with Crippen molar-refractivity contribution in [2.75, 3.05) is 18.4 Å². The predicted octanol–water partition coefficient (Wildman–Crippen LogP) is 2.73. The van der Waals surface area contributed by atoms with Crippen molar-refractivity contribution in [2.24, 2.45) is 0 Å². The molecule has 4 nitrogen and oxygen atoms in total. The maximum absolute atomic E-state index is 14.0. The van der Waals surface area contributed by atoms with Gasteiger partial charge in [-0.1, -0.05) is 0 Å². The number of hydrogen-bond donors (Lipinski definition) is 2. The van der Waals surface area contributed by atoms with E-state index >= 15 is 0 Å². The van der Waals surface area contributed by atoms with Crippen molar-refractivity contribution in [1.82, 2.24) is 10.3 Å². The highest BCUT2D eigenvalue weighted by Gasteiger charge is 2.35. The van der Waals surface area contributed by atoms with E-state index < -0.39 is 23.1 Å². The summed E-state index contributed by atoms with van der Waals surface area (Å²) in [7, 11) is 0. The Kier molecular flexibility index (Phi) is 4.91. The molecule has 0 amide bonds. The average Bonchev–Trinajstić information content (AvgIpc) is 2.40. The van der Waals surface area contributed by atoms with Gasteiger partial charge >= 0.3 is 6.18 Å². The van der Waals surface area contributed by atoms with Crippen LogP contribution < -0.4 is 10.6 Å². The van der Waals surface area contributed by atoms with Crippen LogP contribution in [0.4, 0.5) is 23.4 Å². The van der Waals surface area contributed by atoms with Crippen molar-refractivity contribution in [3.8, 4) is 0 Å². The van der Waals surface area contributed by atoms with E-state index in [2.05, 4.69) is 15.6 Å². The molecule has 1 saturated heterocycles. The number of morpholine rings is 1. The number of nitrogens with one attached hydrogen (secondary N) is 2. The highest BCUT2D eigenvalue weighted by Crippen LogP contribution is 2.33. The molecule has 8 heteroatoms. The Morgan fingerprint density at radius 3 is 2.68 bits per heavy atom. The Labute approximate surface area is 126 Å². The third-order valence-corrected chi connectivity index (χ3v) is 3.74. The van der Waals surface area contributed by atoms with Crippen molar-refractivity contribution in [1.29, 1.82) is 0 Å². The standard InChI is InChI=1S/C14H19F4N3O/c1-7-4-19-11(9(3)22-7)6-21-13-12(15)8(2)10(5-20-13)14(16,17)18/h5,7,9,11,19H,4,6H2,1-3H3,(H,20,21)/t7-,9+,11-/m1/s1. The molecule has 0 saturated carbocycles. The Bertz CT molecular complexity index is 536. The number of nitrogens with zero attached hydrogens (tertiary/aromatic N) is 1. The summed E-state index contributed by atoms with van der Waals surface area (Å²) in [5, 5.41) is 5.99. The first-order chi connectivity index (χ1) is 10.2. The molecule has 3 atom stereocenters. The second-order valence-corrected chi connectivity index (χ2v) is 5.50. The maximum Gasteiger partial charge on any atom is 0.418 e. The molecular weight excluding hydrogens is 302 g/mol. The van der Waals surface area contributed by atoms with Crippen LogP contribution in [0.5, 0.6) is 0 Å². The summed E-state index contributed by atoms with van der Waals surface area (Å²) < 4.78 is 57.7. The van der Waals surface area contributed by atoms with Gasteiger partial charge in [0, 0.05) is 24.8 Å². The van der Waals surface area contributed by atoms with Gasteiger partial charge in [0.15, 0.2) is 11.6 Å². The second-order valence-electron chi connectivity index (χ2n) is 5.50. The molecule has 0 radical (unpaired) electrons. The fourth-order valence-corrected chi connectivity index (χ4v) is 2.42. The van der Waals surface area contributed by atoms with Crippen LogP contribution in [-0.2, 0) is 10.9 Å². The fraction of sp³-hybridized carbons (Fsp3) is 0.643. The molecule has 0 unspecified atom stereocenters. The van der Waals surface area contributed by atoms with Crippen LogP contribution in [0, 0.1) is 12.7 Å². The lowest BCUT2D eigenvalue weighted by Gasteiger charge is -2.34. The van der Waals surface area contributed by atoms with E-state index in [9.17, 15) is 17.6 Å². The monoisotopic (exact) mass is 321 g/mol. The zero-order valence-electron chi connectivity index (χ0n) is 12.6. The lowest BCUT2D eigenvalue weighted by atomic mass is 10.1. The summed E-state index contributed by atoms with van der Waals surface area (Å²) in [4.78, 5) is 3.56. The highest BCUT2D eigenvalue weighted by atomic mass is 19.4. The van der Waals surface area contributed by atoms with Crippen molar-refractivity contribution >= 4 is 5.82 Å². The van der Waals surface area contributed by atoms with Crippen molar-refractivity contribution in [2.45, 2.75) is 45.2 Å². The van der Waals surface area contributed by atoms with Gasteiger partial charge in [-0.15, -0.1) is 0 Å². The SMILES string of the molecule is Cc1c(C(F)(F)F)cnc(NC[C@H]2NC[C@@H](C)O[C@H]2C)c1F. The van der Waals surface area contributed by atoms with Crippen LogP contribution in [0.1, 0.15) is 25.0 Å². The number of ether oxygens (including phenoxy) is 1. The van der Waals surface area contributed by atoms with Gasteiger partial charge in [0.2, 0.25) is 0 Å². The summed E-state index contributed by atoms with van der Waals surface area (Å²) in [6.45, 7) is 5.89. The van der Waals surface area contributed by atoms with Gasteiger partial charge in [0.25, 0.3) is 0 Å². The van der Waals surface area contributed by atoms with Crippen LogP contribution in [-0.4, -0.2) is 36.3 Å². The van der Waals surface area contributed by atoms with Gasteiger partial charge < -0.3 is 15.4 Å². The summed E-state index contributed by atoms with van der Waals surface area (Å²) >= 11 is 0. The number of pyridine rings is 1. The Balaban J connectivity index is 2.06. The normalized spacial score (nSPS) is 26.0. The van der Waals surface area contributed by atoms with E-state index in [1.165, 1.54) is 0 Å². The molecular formula is C14H19F4N3O. The first-order valence-electron chi connectivity index (χ1n) is 7.05. The molecule has 1 aromatic rings. The summed E-state index contributed by atoms with van der Waals surface area (Å²) in [5.74, 6) is -1.16. The maximum atomic E-state index is 14.0. The van der Waals surface area contributed by atoms with E-state index in [-0.39, 0.29) is 24.1 Å². The molecule has 2 rings (SSSR count). The Morgan fingerprint density at radius 2 is 2.09 bits per heavy atom. The number of alkyl halides is 3. The molecule has 2 heterocycles. The minimum atomic E-state index is -4.61. The van der Waals surface area contributed by atoms with Gasteiger partial charge in [-0.2, -0.15) is 13.2 Å². The number of aromatic nitrogens is 1. The smallest absolute Gasteiger partial charge is 0.373 e. The van der Waals surface area contributed by atoms with E-state index in [1.54, 1.807) is 0 Å². The number of rotatable bonds is 3. The second kappa shape index (κ2) is 6.37. The van der Waals surface area contributed by atoms with E-state index in [4.69, 9.17) is 4.74 Å². The largest absolute Gasteiger partial charge is 0.418 e. The van der Waals surface area contributed by atoms with E-state index in [0.717, 1.165) is 6.92 Å². The number of anilines is 1. The zero-order chi connectivity index (χ0) is 16.5. The van der Waals surface area contributed by atoms with Crippen molar-refractivity contribution in [3.63, 3.8) is 0 Å². The van der Waals surface area contributed by atoms with Crippen molar-refractivity contribution < 1.29 is 22.3 Å². The summed E-state index contributed by atoms with van der Waals surface area (Å²) in [6, 6.07) is -0.0694. The highest BCUT2D eigenvalue weighted by molar-refractivity contribution is 5.43. The fourth-order valence-electron chi connectivity index (χ4n) is 2.42. The quantitative estimate of drug-likeness (QED) is 0.841. The van der Waals surface area contributed by atoms with Crippen LogP contribution in [0.2, 0.25) is 0 Å². The molecule has 1 aliphatic rings. The summed E-state index contributed by atoms with van der Waals surface area (Å²) in [6.07, 6.45) is -3.96. The Morgan fingerprint density at radius 1 is 1.41 bits per heavy atom. The van der Waals surface area contributed by atoms with Crippen LogP contribution in [0.15, 0.2) is 6.20 Å². The number of hydrogen-bond acceptors (Lipinski definition) is 4. The van der Waals surface area contributed by atoms with Gasteiger partial charge in [-0.3, -0.25) is 0 Å². The summed E-state index contributed by atoms with van der Waals surface area (Å²) in [5.41, 5.74) is -1.52. The molecule has 1 aromatic heterocycles. The lowest BCUT2D eigenvalue weighted by Crippen LogP contribution is -2.53. The molecule has 0 spiro atoms. The van der Waals surface area contributed by atoms with Crippen LogP contribution in [0.25, 0.3) is 0 Å². The van der Waals surface area contributed by atoms with Gasteiger partial charge in [0.05, 0.1) is 23.8 Å². The van der Waals surface area contributed by atoms with Gasteiger partial charge in [-0.05, 0) is 20.8 Å². The van der Waals surface area contributed by atoms with Crippen LogP contribution in [0.3, 0.4) is 0 Å². The average molecular weight is 321 g/mol. The molecule has 0 bridgehead atoms. The van der Waals surface area contributed by atoms with Crippen molar-refractivity contribution in [3.05, 3.63) is 23.1 Å². The number of halogens is 4. The first-order valence-corrected chi connectivity index (χ1v) is 7.05. The van der Waals surface area contributed by atoms with Crippen LogP contribution >= 0.6 is 0 Å².